The molecule has 1 atom stereocenters. The molecule has 1 saturated carbocycles. The summed E-state index contributed by atoms with van der Waals surface area (Å²) in [5, 5.41) is 9.10. The van der Waals surface area contributed by atoms with Gasteiger partial charge in [0, 0.05) is 25.6 Å². The molecule has 0 aromatic heterocycles. The predicted molar refractivity (Wildman–Crippen MR) is 64.7 cm³/mol. The molecule has 2 fully saturated rings. The van der Waals surface area contributed by atoms with Gasteiger partial charge in [0.05, 0.1) is 13.0 Å². The highest BCUT2D eigenvalue weighted by Crippen LogP contribution is 2.31. The third-order valence-electron chi connectivity index (χ3n) is 4.21. The van der Waals surface area contributed by atoms with Crippen LogP contribution in [0.5, 0.6) is 0 Å². The Morgan fingerprint density at radius 2 is 2.06 bits per heavy atom. The van der Waals surface area contributed by atoms with Gasteiger partial charge in [0.2, 0.25) is 5.91 Å². The summed E-state index contributed by atoms with van der Waals surface area (Å²) in [7, 11) is 1.36. The Hall–Kier alpha value is -1.10. The van der Waals surface area contributed by atoms with Crippen molar-refractivity contribution >= 4 is 11.9 Å². The van der Waals surface area contributed by atoms with Crippen molar-refractivity contribution in [3.63, 3.8) is 0 Å². The van der Waals surface area contributed by atoms with Crippen LogP contribution in [-0.2, 0) is 14.3 Å². The lowest BCUT2D eigenvalue weighted by atomic mass is 9.86. The van der Waals surface area contributed by atoms with Gasteiger partial charge >= 0.3 is 5.97 Å². The molecule has 0 spiro atoms. The maximum absolute atomic E-state index is 11.9. The molecule has 18 heavy (non-hydrogen) atoms. The minimum absolute atomic E-state index is 0.0675. The Kier molecular flexibility index (Phi) is 4.22. The Morgan fingerprint density at radius 3 is 2.61 bits per heavy atom. The van der Waals surface area contributed by atoms with Gasteiger partial charge < -0.3 is 14.7 Å². The van der Waals surface area contributed by atoms with E-state index in [1.165, 1.54) is 7.11 Å². The summed E-state index contributed by atoms with van der Waals surface area (Å²) in [4.78, 5) is 25.2. The van der Waals surface area contributed by atoms with Crippen LogP contribution >= 0.6 is 0 Å². The molecule has 0 radical (unpaired) electrons. The van der Waals surface area contributed by atoms with E-state index in [2.05, 4.69) is 0 Å². The average Bonchev–Trinajstić information content (AvgIpc) is 2.80. The Bertz CT molecular complexity index is 323. The van der Waals surface area contributed by atoms with Gasteiger partial charge in [0.1, 0.15) is 0 Å². The number of nitrogens with zero attached hydrogens (tertiary/aromatic N) is 1. The van der Waals surface area contributed by atoms with Crippen LogP contribution in [0.15, 0.2) is 0 Å². The van der Waals surface area contributed by atoms with E-state index in [-0.39, 0.29) is 36.9 Å². The lowest BCUT2D eigenvalue weighted by Crippen LogP contribution is -2.40. The molecule has 2 aliphatic rings. The molecule has 102 valence electrons. The van der Waals surface area contributed by atoms with Crippen LogP contribution < -0.4 is 0 Å². The first kappa shape index (κ1) is 13.3. The maximum atomic E-state index is 11.9. The molecule has 1 saturated heterocycles. The van der Waals surface area contributed by atoms with Crippen molar-refractivity contribution < 1.29 is 19.4 Å². The van der Waals surface area contributed by atoms with E-state index in [0.717, 1.165) is 25.7 Å². The standard InChI is InChI=1S/C13H21NO4/c1-18-13(17)10-6-12(16)14(7-10)11-4-2-9(8-15)3-5-11/h9-11,15H,2-8H2,1H3. The van der Waals surface area contributed by atoms with Gasteiger partial charge in [-0.1, -0.05) is 0 Å². The van der Waals surface area contributed by atoms with E-state index in [9.17, 15) is 9.59 Å². The van der Waals surface area contributed by atoms with Crippen molar-refractivity contribution in [1.82, 2.24) is 4.90 Å². The number of ether oxygens (including phenoxy) is 1. The van der Waals surface area contributed by atoms with Crippen molar-refractivity contribution in [1.29, 1.82) is 0 Å². The number of esters is 1. The summed E-state index contributed by atoms with van der Waals surface area (Å²) in [6, 6.07) is 0.245. The van der Waals surface area contributed by atoms with Crippen LogP contribution in [0.3, 0.4) is 0 Å². The quantitative estimate of drug-likeness (QED) is 0.748. The monoisotopic (exact) mass is 255 g/mol. The van der Waals surface area contributed by atoms with Crippen molar-refractivity contribution in [2.45, 2.75) is 38.1 Å². The van der Waals surface area contributed by atoms with Crippen LogP contribution in [0.2, 0.25) is 0 Å². The zero-order valence-corrected chi connectivity index (χ0v) is 10.8. The topological polar surface area (TPSA) is 66.8 Å². The van der Waals surface area contributed by atoms with Gasteiger partial charge in [0.25, 0.3) is 0 Å². The number of methoxy groups -OCH3 is 1. The number of hydrogen-bond acceptors (Lipinski definition) is 4. The Morgan fingerprint density at radius 1 is 1.39 bits per heavy atom. The fraction of sp³-hybridized carbons (Fsp3) is 0.846. The van der Waals surface area contributed by atoms with Gasteiger partial charge in [-0.15, -0.1) is 0 Å². The smallest absolute Gasteiger partial charge is 0.310 e. The van der Waals surface area contributed by atoms with Crippen LogP contribution in [0.1, 0.15) is 32.1 Å². The average molecular weight is 255 g/mol. The molecule has 5 heteroatoms. The molecule has 1 unspecified atom stereocenters. The van der Waals surface area contributed by atoms with E-state index < -0.39 is 0 Å². The lowest BCUT2D eigenvalue weighted by molar-refractivity contribution is -0.145. The van der Waals surface area contributed by atoms with E-state index in [4.69, 9.17) is 9.84 Å². The van der Waals surface area contributed by atoms with Gasteiger partial charge in [-0.05, 0) is 31.6 Å². The van der Waals surface area contributed by atoms with Gasteiger partial charge in [-0.3, -0.25) is 9.59 Å². The summed E-state index contributed by atoms with van der Waals surface area (Å²) in [6.07, 6.45) is 4.09. The van der Waals surface area contributed by atoms with Gasteiger partial charge in [-0.25, -0.2) is 0 Å². The van der Waals surface area contributed by atoms with Crippen LogP contribution in [-0.4, -0.2) is 48.2 Å². The van der Waals surface area contributed by atoms with E-state index in [0.29, 0.717) is 12.5 Å². The number of hydrogen-bond donors (Lipinski definition) is 1. The number of amides is 1. The minimum Gasteiger partial charge on any atom is -0.469 e. The fourth-order valence-electron chi connectivity index (χ4n) is 3.05. The minimum atomic E-state index is -0.293. The van der Waals surface area contributed by atoms with Gasteiger partial charge in [0.15, 0.2) is 0 Å². The number of carbonyl (C=O) groups excluding carboxylic acids is 2. The molecule has 1 N–H and O–H groups in total. The summed E-state index contributed by atoms with van der Waals surface area (Å²) < 4.78 is 4.70. The molecule has 1 amide bonds. The highest BCUT2D eigenvalue weighted by atomic mass is 16.5. The van der Waals surface area contributed by atoms with Crippen LogP contribution in [0.25, 0.3) is 0 Å². The first-order chi connectivity index (χ1) is 8.65. The summed E-state index contributed by atoms with van der Waals surface area (Å²) >= 11 is 0. The highest BCUT2D eigenvalue weighted by molar-refractivity contribution is 5.86. The number of aliphatic hydroxyl groups excluding tert-OH is 1. The largest absolute Gasteiger partial charge is 0.469 e. The summed E-state index contributed by atoms with van der Waals surface area (Å²) in [6.45, 7) is 0.741. The lowest BCUT2D eigenvalue weighted by Gasteiger charge is -2.34. The molecule has 2 rings (SSSR count). The second-order valence-electron chi connectivity index (χ2n) is 5.33. The van der Waals surface area contributed by atoms with Crippen molar-refractivity contribution in [2.24, 2.45) is 11.8 Å². The van der Waals surface area contributed by atoms with Crippen LogP contribution in [0, 0.1) is 11.8 Å². The number of carbonyl (C=O) groups is 2. The van der Waals surface area contributed by atoms with E-state index in [1.807, 2.05) is 4.90 Å². The van der Waals surface area contributed by atoms with Crippen molar-refractivity contribution in [2.75, 3.05) is 20.3 Å². The van der Waals surface area contributed by atoms with Crippen LogP contribution in [0.4, 0.5) is 0 Å². The molecule has 1 aliphatic carbocycles. The molecular formula is C13H21NO4. The SMILES string of the molecule is COC(=O)C1CC(=O)N(C2CCC(CO)CC2)C1. The zero-order chi connectivity index (χ0) is 13.1. The number of rotatable bonds is 3. The Labute approximate surface area is 107 Å². The third-order valence-corrected chi connectivity index (χ3v) is 4.21. The predicted octanol–water partition coefficient (Wildman–Crippen LogP) is 0.559. The zero-order valence-electron chi connectivity index (χ0n) is 10.8. The van der Waals surface area contributed by atoms with E-state index >= 15 is 0 Å². The summed E-state index contributed by atoms with van der Waals surface area (Å²) in [5.74, 6) is -0.124. The molecule has 0 bridgehead atoms. The fourth-order valence-corrected chi connectivity index (χ4v) is 3.05. The molecule has 1 heterocycles. The first-order valence-corrected chi connectivity index (χ1v) is 6.63. The number of likely N-dealkylation sites (tertiary alicyclic amines) is 1. The van der Waals surface area contributed by atoms with Gasteiger partial charge in [-0.2, -0.15) is 0 Å². The molecular weight excluding hydrogens is 234 g/mol. The maximum Gasteiger partial charge on any atom is 0.310 e. The second kappa shape index (κ2) is 5.69. The highest BCUT2D eigenvalue weighted by Gasteiger charge is 2.39. The molecule has 0 aromatic rings. The molecule has 5 nitrogen and oxygen atoms in total. The van der Waals surface area contributed by atoms with Crippen molar-refractivity contribution in [3.8, 4) is 0 Å². The normalized spacial score (nSPS) is 32.7. The van der Waals surface area contributed by atoms with Crippen molar-refractivity contribution in [3.05, 3.63) is 0 Å². The third kappa shape index (κ3) is 2.66. The summed E-state index contributed by atoms with van der Waals surface area (Å²) in [5.41, 5.74) is 0. The van der Waals surface area contributed by atoms with E-state index in [1.54, 1.807) is 0 Å². The second-order valence-corrected chi connectivity index (χ2v) is 5.33. The molecule has 1 aliphatic heterocycles. The number of aliphatic hydroxyl groups is 1. The molecule has 0 aromatic carbocycles. The Balaban J connectivity index is 1.90. The first-order valence-electron chi connectivity index (χ1n) is 6.63.